The number of hydrogen-bond acceptors (Lipinski definition) is 11. The van der Waals surface area contributed by atoms with Crippen LogP contribution < -0.4 is 27.4 Å². The standard InChI is InChI=1S/C40H61N5O9/c1-26(44-40(54)34(42)23-28-15-18-32(48)19-16-28)37(51)25-29(9-3-5-21-41)36(50)13-7-10-31(47)11-8-14-38(52)43-22-6-4-12-35(27(2)46)45-39(53)30-17-20-33(49)24-30/h15-16,18-19,26,29-30,34-35,48H,3-14,17,20-25,41-42H2,1-2H3,(H,43,52)(H,44,54)(H,45,53)/t26-,29-,30?,34+,35+/m1/s1. The van der Waals surface area contributed by atoms with Gasteiger partial charge in [0.15, 0.2) is 11.6 Å². The molecular formula is C40H61N5O9. The number of hydrogen-bond donors (Lipinski definition) is 6. The average Bonchev–Trinajstić information content (AvgIpc) is 3.57. The number of rotatable bonds is 28. The van der Waals surface area contributed by atoms with Crippen molar-refractivity contribution in [3.05, 3.63) is 29.8 Å². The maximum Gasteiger partial charge on any atom is 0.237 e. The molecule has 1 saturated carbocycles. The van der Waals surface area contributed by atoms with Crippen molar-refractivity contribution in [1.29, 1.82) is 0 Å². The van der Waals surface area contributed by atoms with Gasteiger partial charge in [-0.05, 0) is 95.9 Å². The van der Waals surface area contributed by atoms with Crippen molar-refractivity contribution < 1.29 is 43.5 Å². The molecule has 0 saturated heterocycles. The van der Waals surface area contributed by atoms with E-state index in [1.54, 1.807) is 19.1 Å². The van der Waals surface area contributed by atoms with E-state index in [9.17, 15) is 43.5 Å². The van der Waals surface area contributed by atoms with Crippen LogP contribution >= 0.6 is 0 Å². The molecule has 0 heterocycles. The van der Waals surface area contributed by atoms with Crippen molar-refractivity contribution in [3.8, 4) is 5.75 Å². The normalized spacial score (nSPS) is 16.1. The Morgan fingerprint density at radius 2 is 1.52 bits per heavy atom. The van der Waals surface area contributed by atoms with Gasteiger partial charge in [-0.25, -0.2) is 0 Å². The number of unbranched alkanes of at least 4 members (excludes halogenated alkanes) is 2. The highest BCUT2D eigenvalue weighted by Gasteiger charge is 2.30. The molecule has 1 aliphatic carbocycles. The van der Waals surface area contributed by atoms with Crippen LogP contribution in [0.25, 0.3) is 0 Å². The fourth-order valence-corrected chi connectivity index (χ4v) is 6.44. The molecule has 1 aliphatic rings. The number of nitrogens with one attached hydrogen (secondary N) is 3. The second-order valence-electron chi connectivity index (χ2n) is 14.6. The second kappa shape index (κ2) is 24.9. The van der Waals surface area contributed by atoms with Crippen LogP contribution in [0, 0.1) is 11.8 Å². The van der Waals surface area contributed by atoms with Crippen molar-refractivity contribution in [3.63, 3.8) is 0 Å². The Hall–Kier alpha value is -4.30. The Morgan fingerprint density at radius 1 is 0.852 bits per heavy atom. The van der Waals surface area contributed by atoms with Crippen LogP contribution in [0.3, 0.4) is 0 Å². The van der Waals surface area contributed by atoms with E-state index in [1.165, 1.54) is 19.1 Å². The third-order valence-corrected chi connectivity index (χ3v) is 9.88. The van der Waals surface area contributed by atoms with Crippen molar-refractivity contribution >= 4 is 46.6 Å². The largest absolute Gasteiger partial charge is 0.508 e. The minimum absolute atomic E-state index is 0.0431. The van der Waals surface area contributed by atoms with E-state index in [-0.39, 0.29) is 97.3 Å². The molecule has 1 aromatic carbocycles. The summed E-state index contributed by atoms with van der Waals surface area (Å²) in [6, 6.07) is 3.96. The minimum atomic E-state index is -0.901. The summed E-state index contributed by atoms with van der Waals surface area (Å²) >= 11 is 0. The molecule has 0 aliphatic heterocycles. The van der Waals surface area contributed by atoms with Gasteiger partial charge in [-0.15, -0.1) is 0 Å². The van der Waals surface area contributed by atoms with Gasteiger partial charge in [-0.1, -0.05) is 18.6 Å². The van der Waals surface area contributed by atoms with Crippen molar-refractivity contribution in [2.75, 3.05) is 13.1 Å². The van der Waals surface area contributed by atoms with E-state index in [1.807, 2.05) is 0 Å². The lowest BCUT2D eigenvalue weighted by Crippen LogP contribution is -2.48. The summed E-state index contributed by atoms with van der Waals surface area (Å²) in [4.78, 5) is 99.5. The van der Waals surface area contributed by atoms with Gasteiger partial charge in [0.2, 0.25) is 17.7 Å². The van der Waals surface area contributed by atoms with Crippen LogP contribution in [-0.4, -0.2) is 83.0 Å². The number of phenolic OH excluding ortho intramolecular Hbond substituents is 1. The molecule has 5 atom stereocenters. The van der Waals surface area contributed by atoms with Gasteiger partial charge in [0, 0.05) is 63.3 Å². The Bertz CT molecular complexity index is 1430. The summed E-state index contributed by atoms with van der Waals surface area (Å²) < 4.78 is 0. The summed E-state index contributed by atoms with van der Waals surface area (Å²) in [5, 5.41) is 17.7. The zero-order chi connectivity index (χ0) is 40.0. The zero-order valence-electron chi connectivity index (χ0n) is 32.0. The number of ketones is 5. The van der Waals surface area contributed by atoms with Crippen LogP contribution in [0.1, 0.15) is 122 Å². The van der Waals surface area contributed by atoms with Crippen molar-refractivity contribution in [2.24, 2.45) is 23.3 Å². The van der Waals surface area contributed by atoms with Gasteiger partial charge < -0.3 is 32.5 Å². The quantitative estimate of drug-likeness (QED) is 0.0679. The molecule has 0 radical (unpaired) electrons. The van der Waals surface area contributed by atoms with Crippen LogP contribution in [0.2, 0.25) is 0 Å². The van der Waals surface area contributed by atoms with Gasteiger partial charge in [0.25, 0.3) is 0 Å². The van der Waals surface area contributed by atoms with E-state index in [2.05, 4.69) is 16.0 Å². The number of carbonyl (C=O) groups excluding carboxylic acids is 8. The number of benzene rings is 1. The molecule has 0 spiro atoms. The molecule has 14 nitrogen and oxygen atoms in total. The number of carbonyl (C=O) groups is 8. The predicted molar refractivity (Wildman–Crippen MR) is 203 cm³/mol. The van der Waals surface area contributed by atoms with Crippen LogP contribution in [-0.2, 0) is 44.8 Å². The number of amides is 3. The summed E-state index contributed by atoms with van der Waals surface area (Å²) in [7, 11) is 0. The molecule has 0 aromatic heterocycles. The topological polar surface area (TPSA) is 245 Å². The monoisotopic (exact) mass is 755 g/mol. The lowest BCUT2D eigenvalue weighted by atomic mass is 9.88. The lowest BCUT2D eigenvalue weighted by molar-refractivity contribution is -0.131. The van der Waals surface area contributed by atoms with E-state index >= 15 is 0 Å². The van der Waals surface area contributed by atoms with Crippen LogP contribution in [0.15, 0.2) is 24.3 Å². The van der Waals surface area contributed by atoms with Gasteiger partial charge in [-0.2, -0.15) is 0 Å². The molecule has 1 fully saturated rings. The molecule has 0 bridgehead atoms. The number of Topliss-reactive ketones (excluding diaryl/α,β-unsaturated/α-hetero) is 5. The molecule has 2 rings (SSSR count). The first-order chi connectivity index (χ1) is 25.7. The van der Waals surface area contributed by atoms with Crippen molar-refractivity contribution in [1.82, 2.24) is 16.0 Å². The number of aromatic hydroxyl groups is 1. The Labute approximate surface area is 318 Å². The summed E-state index contributed by atoms with van der Waals surface area (Å²) in [6.07, 6.45) is 6.25. The molecule has 1 aromatic rings. The smallest absolute Gasteiger partial charge is 0.237 e. The second-order valence-corrected chi connectivity index (χ2v) is 14.6. The van der Waals surface area contributed by atoms with Crippen molar-refractivity contribution in [2.45, 2.75) is 141 Å². The zero-order valence-corrected chi connectivity index (χ0v) is 32.0. The SMILES string of the molecule is CC(=O)[C@H](CCCCNC(=O)CCCC(=O)CCCC(=O)[C@H](CCCCN)CC(=O)[C@@H](C)NC(=O)[C@@H](N)Cc1ccc(O)cc1)NC(=O)C1CCC(=O)C1. The maximum atomic E-state index is 13.1. The van der Waals surface area contributed by atoms with Gasteiger partial charge in [0.05, 0.1) is 18.1 Å². The summed E-state index contributed by atoms with van der Waals surface area (Å²) in [5.74, 6) is -2.30. The molecule has 8 N–H and O–H groups in total. The maximum absolute atomic E-state index is 13.1. The molecule has 3 amide bonds. The third-order valence-electron chi connectivity index (χ3n) is 9.88. The molecule has 1 unspecified atom stereocenters. The fourth-order valence-electron chi connectivity index (χ4n) is 6.44. The number of nitrogens with two attached hydrogens (primary N) is 2. The summed E-state index contributed by atoms with van der Waals surface area (Å²) in [6.45, 7) is 3.84. The van der Waals surface area contributed by atoms with Crippen LogP contribution in [0.4, 0.5) is 0 Å². The van der Waals surface area contributed by atoms with E-state index < -0.39 is 30.0 Å². The van der Waals surface area contributed by atoms with E-state index in [4.69, 9.17) is 11.5 Å². The third kappa shape index (κ3) is 18.2. The highest BCUT2D eigenvalue weighted by atomic mass is 16.3. The van der Waals surface area contributed by atoms with Gasteiger partial charge in [0.1, 0.15) is 23.1 Å². The number of phenols is 1. The molecule has 14 heteroatoms. The fraction of sp³-hybridized carbons (Fsp3) is 0.650. The van der Waals surface area contributed by atoms with E-state index in [0.29, 0.717) is 77.3 Å². The molecule has 54 heavy (non-hydrogen) atoms. The Kier molecular flexibility index (Phi) is 21.2. The first-order valence-electron chi connectivity index (χ1n) is 19.4. The van der Waals surface area contributed by atoms with Gasteiger partial charge in [-0.3, -0.25) is 38.4 Å². The highest BCUT2D eigenvalue weighted by molar-refractivity contribution is 5.94. The Morgan fingerprint density at radius 3 is 2.15 bits per heavy atom. The van der Waals surface area contributed by atoms with Crippen LogP contribution in [0.5, 0.6) is 5.75 Å². The minimum Gasteiger partial charge on any atom is -0.508 e. The predicted octanol–water partition coefficient (Wildman–Crippen LogP) is 2.68. The van der Waals surface area contributed by atoms with Gasteiger partial charge >= 0.3 is 0 Å². The van der Waals surface area contributed by atoms with E-state index in [0.717, 1.165) is 5.56 Å². The first-order valence-corrected chi connectivity index (χ1v) is 19.4. The lowest BCUT2D eigenvalue weighted by Gasteiger charge is -2.20. The average molecular weight is 756 g/mol. The Balaban J connectivity index is 1.65. The molecule has 300 valence electrons. The highest BCUT2D eigenvalue weighted by Crippen LogP contribution is 2.23. The summed E-state index contributed by atoms with van der Waals surface area (Å²) in [5.41, 5.74) is 12.4. The first kappa shape index (κ1) is 45.9. The molecular weight excluding hydrogens is 694 g/mol.